The number of aryl methyl sites for hydroxylation is 1. The molecule has 0 bridgehead atoms. The first-order valence-corrected chi connectivity index (χ1v) is 6.63. The number of nitrogens with one attached hydrogen (secondary N) is 1. The van der Waals surface area contributed by atoms with Crippen LogP contribution in [-0.4, -0.2) is 7.11 Å². The van der Waals surface area contributed by atoms with Crippen molar-refractivity contribution in [3.05, 3.63) is 65.2 Å². The Hall–Kier alpha value is -1.80. The predicted molar refractivity (Wildman–Crippen MR) is 79.4 cm³/mol. The summed E-state index contributed by atoms with van der Waals surface area (Å²) in [5.74, 6) is 0.937. The van der Waals surface area contributed by atoms with Gasteiger partial charge in [-0.25, -0.2) is 0 Å². The minimum Gasteiger partial charge on any atom is -0.496 e. The fraction of sp³-hybridized carbons (Fsp3) is 0.294. The van der Waals surface area contributed by atoms with Crippen molar-refractivity contribution in [2.75, 3.05) is 7.11 Å². The fourth-order valence-electron chi connectivity index (χ4n) is 2.29. The molecule has 0 spiro atoms. The maximum absolute atomic E-state index is 5.37. The smallest absolute Gasteiger partial charge is 0.123 e. The summed E-state index contributed by atoms with van der Waals surface area (Å²) in [4.78, 5) is 0. The first-order valence-electron chi connectivity index (χ1n) is 6.63. The normalized spacial score (nSPS) is 12.2. The van der Waals surface area contributed by atoms with Gasteiger partial charge >= 0.3 is 0 Å². The predicted octanol–water partition coefficient (Wildman–Crippen LogP) is 3.85. The van der Waals surface area contributed by atoms with E-state index in [-0.39, 0.29) is 0 Å². The van der Waals surface area contributed by atoms with Gasteiger partial charge in [0, 0.05) is 18.2 Å². The molecule has 1 atom stereocenters. The van der Waals surface area contributed by atoms with Gasteiger partial charge < -0.3 is 10.1 Å². The monoisotopic (exact) mass is 255 g/mol. The van der Waals surface area contributed by atoms with Crippen LogP contribution in [0, 0.1) is 6.92 Å². The number of ether oxygens (including phenoxy) is 1. The van der Waals surface area contributed by atoms with Gasteiger partial charge in [-0.05, 0) is 31.0 Å². The summed E-state index contributed by atoms with van der Waals surface area (Å²) < 4.78 is 5.37. The molecule has 0 saturated heterocycles. The molecule has 0 heterocycles. The van der Waals surface area contributed by atoms with Gasteiger partial charge in [-0.15, -0.1) is 0 Å². The summed E-state index contributed by atoms with van der Waals surface area (Å²) in [6, 6.07) is 16.9. The molecule has 0 radical (unpaired) electrons. The SMILES string of the molecule is COc1ccccc1CN[C@@H](C)c1ccccc1C. The van der Waals surface area contributed by atoms with Gasteiger partial charge in [-0.3, -0.25) is 0 Å². The van der Waals surface area contributed by atoms with E-state index in [0.29, 0.717) is 6.04 Å². The van der Waals surface area contributed by atoms with Crippen molar-refractivity contribution in [2.24, 2.45) is 0 Å². The lowest BCUT2D eigenvalue weighted by Crippen LogP contribution is -2.19. The Bertz CT molecular complexity index is 536. The molecule has 0 aliphatic carbocycles. The molecule has 0 unspecified atom stereocenters. The van der Waals surface area contributed by atoms with Crippen molar-refractivity contribution in [3.8, 4) is 5.75 Å². The second-order valence-corrected chi connectivity index (χ2v) is 4.77. The molecule has 0 amide bonds. The summed E-state index contributed by atoms with van der Waals surface area (Å²) in [7, 11) is 1.71. The highest BCUT2D eigenvalue weighted by molar-refractivity contribution is 5.33. The van der Waals surface area contributed by atoms with Crippen LogP contribution in [0.25, 0.3) is 0 Å². The highest BCUT2D eigenvalue weighted by Gasteiger charge is 2.08. The minimum atomic E-state index is 0.325. The number of para-hydroxylation sites is 1. The Balaban J connectivity index is 2.04. The van der Waals surface area contributed by atoms with E-state index >= 15 is 0 Å². The molecule has 2 rings (SSSR count). The van der Waals surface area contributed by atoms with Crippen LogP contribution >= 0.6 is 0 Å². The van der Waals surface area contributed by atoms with Crippen molar-refractivity contribution in [3.63, 3.8) is 0 Å². The van der Waals surface area contributed by atoms with Crippen LogP contribution in [0.5, 0.6) is 5.75 Å². The third-order valence-electron chi connectivity index (χ3n) is 3.45. The van der Waals surface area contributed by atoms with Crippen LogP contribution in [0.4, 0.5) is 0 Å². The lowest BCUT2D eigenvalue weighted by Gasteiger charge is -2.17. The third-order valence-corrected chi connectivity index (χ3v) is 3.45. The first kappa shape index (κ1) is 13.6. The van der Waals surface area contributed by atoms with Crippen molar-refractivity contribution in [1.82, 2.24) is 5.32 Å². The quantitative estimate of drug-likeness (QED) is 0.876. The zero-order valence-corrected chi connectivity index (χ0v) is 11.8. The van der Waals surface area contributed by atoms with Crippen LogP contribution in [0.15, 0.2) is 48.5 Å². The van der Waals surface area contributed by atoms with Crippen molar-refractivity contribution < 1.29 is 4.74 Å². The number of benzene rings is 2. The van der Waals surface area contributed by atoms with E-state index in [4.69, 9.17) is 4.74 Å². The van der Waals surface area contributed by atoms with E-state index in [1.165, 1.54) is 16.7 Å². The topological polar surface area (TPSA) is 21.3 Å². The average Bonchev–Trinajstić information content (AvgIpc) is 2.45. The highest BCUT2D eigenvalue weighted by Crippen LogP contribution is 2.20. The number of rotatable bonds is 5. The molecule has 100 valence electrons. The minimum absolute atomic E-state index is 0.325. The Kier molecular flexibility index (Phi) is 4.58. The van der Waals surface area contributed by atoms with Crippen molar-refractivity contribution in [1.29, 1.82) is 0 Å². The zero-order valence-electron chi connectivity index (χ0n) is 11.8. The molecule has 2 nitrogen and oxygen atoms in total. The van der Waals surface area contributed by atoms with Gasteiger partial charge in [-0.1, -0.05) is 42.5 Å². The van der Waals surface area contributed by atoms with E-state index in [9.17, 15) is 0 Å². The Morgan fingerprint density at radius 1 is 1.05 bits per heavy atom. The van der Waals surface area contributed by atoms with Crippen LogP contribution in [0.3, 0.4) is 0 Å². The summed E-state index contributed by atoms with van der Waals surface area (Å²) in [6.07, 6.45) is 0. The van der Waals surface area contributed by atoms with Crippen LogP contribution < -0.4 is 10.1 Å². The maximum atomic E-state index is 5.37. The molecule has 2 aromatic rings. The second kappa shape index (κ2) is 6.39. The summed E-state index contributed by atoms with van der Waals surface area (Å²) in [5, 5.41) is 3.55. The van der Waals surface area contributed by atoms with Gasteiger partial charge in [0.05, 0.1) is 7.11 Å². The number of hydrogen-bond donors (Lipinski definition) is 1. The van der Waals surface area contributed by atoms with Crippen LogP contribution in [-0.2, 0) is 6.54 Å². The molecule has 0 saturated carbocycles. The van der Waals surface area contributed by atoms with Gasteiger partial charge in [0.25, 0.3) is 0 Å². The molecule has 2 heteroatoms. The van der Waals surface area contributed by atoms with Crippen LogP contribution in [0.1, 0.15) is 29.7 Å². The molecule has 19 heavy (non-hydrogen) atoms. The lowest BCUT2D eigenvalue weighted by atomic mass is 10.0. The van der Waals surface area contributed by atoms with E-state index < -0.39 is 0 Å². The van der Waals surface area contributed by atoms with Gasteiger partial charge in [-0.2, -0.15) is 0 Å². The molecule has 0 fully saturated rings. The molecule has 2 aromatic carbocycles. The molecular weight excluding hydrogens is 234 g/mol. The Morgan fingerprint density at radius 2 is 1.74 bits per heavy atom. The first-order chi connectivity index (χ1) is 9.22. The molecule has 0 aliphatic heterocycles. The molecule has 0 aliphatic rings. The van der Waals surface area contributed by atoms with E-state index in [2.05, 4.69) is 49.5 Å². The van der Waals surface area contributed by atoms with Crippen molar-refractivity contribution in [2.45, 2.75) is 26.4 Å². The molecule has 0 aromatic heterocycles. The standard InChI is InChI=1S/C17H21NO/c1-13-8-4-6-10-16(13)14(2)18-12-15-9-5-7-11-17(15)19-3/h4-11,14,18H,12H2,1-3H3/t14-/m0/s1. The van der Waals surface area contributed by atoms with E-state index in [1.807, 2.05) is 18.2 Å². The van der Waals surface area contributed by atoms with Crippen molar-refractivity contribution >= 4 is 0 Å². The summed E-state index contributed by atoms with van der Waals surface area (Å²) in [6.45, 7) is 5.15. The molecule has 1 N–H and O–H groups in total. The summed E-state index contributed by atoms with van der Waals surface area (Å²) in [5.41, 5.74) is 3.85. The molecular formula is C17H21NO. The number of methoxy groups -OCH3 is 1. The highest BCUT2D eigenvalue weighted by atomic mass is 16.5. The zero-order chi connectivity index (χ0) is 13.7. The Labute approximate surface area is 115 Å². The van der Waals surface area contributed by atoms with Gasteiger partial charge in [0.2, 0.25) is 0 Å². The van der Waals surface area contributed by atoms with E-state index in [1.54, 1.807) is 7.11 Å². The van der Waals surface area contributed by atoms with Gasteiger partial charge in [0.1, 0.15) is 5.75 Å². The largest absolute Gasteiger partial charge is 0.496 e. The fourth-order valence-corrected chi connectivity index (χ4v) is 2.29. The summed E-state index contributed by atoms with van der Waals surface area (Å²) >= 11 is 0. The Morgan fingerprint density at radius 3 is 2.47 bits per heavy atom. The average molecular weight is 255 g/mol. The van der Waals surface area contributed by atoms with E-state index in [0.717, 1.165) is 12.3 Å². The lowest BCUT2D eigenvalue weighted by molar-refractivity contribution is 0.406. The maximum Gasteiger partial charge on any atom is 0.123 e. The number of hydrogen-bond acceptors (Lipinski definition) is 2. The van der Waals surface area contributed by atoms with Crippen LogP contribution in [0.2, 0.25) is 0 Å². The third kappa shape index (κ3) is 3.36. The van der Waals surface area contributed by atoms with Gasteiger partial charge in [0.15, 0.2) is 0 Å². The second-order valence-electron chi connectivity index (χ2n) is 4.77.